The van der Waals surface area contributed by atoms with Crippen LogP contribution in [0.25, 0.3) is 11.3 Å². The van der Waals surface area contributed by atoms with Crippen LogP contribution in [0.15, 0.2) is 30.3 Å². The first kappa shape index (κ1) is 24.8. The summed E-state index contributed by atoms with van der Waals surface area (Å²) >= 11 is 6.00. The van der Waals surface area contributed by atoms with E-state index >= 15 is 0 Å². The van der Waals surface area contributed by atoms with Gasteiger partial charge in [-0.25, -0.2) is 0 Å². The predicted octanol–water partition coefficient (Wildman–Crippen LogP) is 4.15. The Labute approximate surface area is 198 Å². The molecule has 2 aromatic rings. The van der Waals surface area contributed by atoms with Crippen molar-refractivity contribution in [2.75, 3.05) is 19.6 Å². The standard InChI is InChI=1S/C24H31ClN4O4/c1-2-3-4-7-19-15-28(16-22(30)26-13-6-5-8-23(31)32)24(33)21-14-20(27-29(19)21)17-9-11-18(25)12-10-17/h9-12,14,19H,2-8,13,15-16H2,1H3,(H,26,30)(H,31,32). The number of benzene rings is 1. The smallest absolute Gasteiger partial charge is 0.303 e. The lowest BCUT2D eigenvalue weighted by Crippen LogP contribution is -2.47. The molecule has 9 heteroatoms. The van der Waals surface area contributed by atoms with Gasteiger partial charge < -0.3 is 15.3 Å². The number of hydrogen-bond acceptors (Lipinski definition) is 4. The molecule has 2 heterocycles. The highest BCUT2D eigenvalue weighted by Gasteiger charge is 2.33. The summed E-state index contributed by atoms with van der Waals surface area (Å²) in [5.41, 5.74) is 2.08. The molecule has 1 aliphatic heterocycles. The van der Waals surface area contributed by atoms with Crippen LogP contribution in [0, 0.1) is 0 Å². The lowest BCUT2D eigenvalue weighted by molar-refractivity contribution is -0.137. The van der Waals surface area contributed by atoms with Crippen molar-refractivity contribution in [1.82, 2.24) is 20.0 Å². The summed E-state index contributed by atoms with van der Waals surface area (Å²) in [5.74, 6) is -1.30. The maximum absolute atomic E-state index is 13.2. The summed E-state index contributed by atoms with van der Waals surface area (Å²) in [7, 11) is 0. The number of carboxylic acids is 1. The van der Waals surface area contributed by atoms with Crippen LogP contribution in [-0.4, -0.2) is 57.2 Å². The minimum atomic E-state index is -0.844. The van der Waals surface area contributed by atoms with E-state index < -0.39 is 5.97 Å². The van der Waals surface area contributed by atoms with Crippen molar-refractivity contribution in [2.24, 2.45) is 0 Å². The van der Waals surface area contributed by atoms with E-state index in [1.807, 2.05) is 16.8 Å². The number of amides is 2. The Kier molecular flexibility index (Phi) is 8.88. The molecule has 1 atom stereocenters. The quantitative estimate of drug-likeness (QED) is 0.449. The van der Waals surface area contributed by atoms with E-state index in [2.05, 4.69) is 12.2 Å². The van der Waals surface area contributed by atoms with Gasteiger partial charge in [-0.05, 0) is 37.5 Å². The SMILES string of the molecule is CCCCCC1CN(CC(=O)NCCCCC(=O)O)C(=O)c2cc(-c3ccc(Cl)cc3)nn21. The third-order valence-corrected chi connectivity index (χ3v) is 6.03. The topological polar surface area (TPSA) is 105 Å². The predicted molar refractivity (Wildman–Crippen MR) is 126 cm³/mol. The van der Waals surface area contributed by atoms with E-state index in [0.29, 0.717) is 42.3 Å². The van der Waals surface area contributed by atoms with Crippen LogP contribution in [0.2, 0.25) is 5.02 Å². The molecule has 33 heavy (non-hydrogen) atoms. The maximum atomic E-state index is 13.2. The van der Waals surface area contributed by atoms with Crippen molar-refractivity contribution in [3.63, 3.8) is 0 Å². The van der Waals surface area contributed by atoms with E-state index in [9.17, 15) is 14.4 Å². The highest BCUT2D eigenvalue weighted by atomic mass is 35.5. The van der Waals surface area contributed by atoms with E-state index in [0.717, 1.165) is 31.2 Å². The molecule has 1 aromatic heterocycles. The number of aromatic nitrogens is 2. The van der Waals surface area contributed by atoms with Gasteiger partial charge >= 0.3 is 5.97 Å². The van der Waals surface area contributed by atoms with Gasteiger partial charge in [0.25, 0.3) is 5.91 Å². The molecule has 3 rings (SSSR count). The fraction of sp³-hybridized carbons (Fsp3) is 0.500. The van der Waals surface area contributed by atoms with Gasteiger partial charge in [0.2, 0.25) is 5.91 Å². The average Bonchev–Trinajstić information content (AvgIpc) is 3.23. The number of hydrogen-bond donors (Lipinski definition) is 2. The first-order valence-electron chi connectivity index (χ1n) is 11.5. The van der Waals surface area contributed by atoms with Gasteiger partial charge in [0.1, 0.15) is 5.69 Å². The maximum Gasteiger partial charge on any atom is 0.303 e. The number of unbranched alkanes of at least 4 members (excludes halogenated alkanes) is 3. The molecule has 8 nitrogen and oxygen atoms in total. The number of aliphatic carboxylic acids is 1. The Morgan fingerprint density at radius 2 is 1.94 bits per heavy atom. The first-order chi connectivity index (χ1) is 15.9. The molecule has 1 aromatic carbocycles. The summed E-state index contributed by atoms with van der Waals surface area (Å²) < 4.78 is 1.82. The number of nitrogens with one attached hydrogen (secondary N) is 1. The average molecular weight is 475 g/mol. The van der Waals surface area contributed by atoms with Crippen molar-refractivity contribution >= 4 is 29.4 Å². The van der Waals surface area contributed by atoms with Crippen molar-refractivity contribution in [1.29, 1.82) is 0 Å². The van der Waals surface area contributed by atoms with Crippen LogP contribution < -0.4 is 5.32 Å². The molecular weight excluding hydrogens is 444 g/mol. The van der Waals surface area contributed by atoms with Gasteiger partial charge in [0.05, 0.1) is 18.3 Å². The number of halogens is 1. The molecule has 1 unspecified atom stereocenters. The minimum Gasteiger partial charge on any atom is -0.481 e. The lowest BCUT2D eigenvalue weighted by Gasteiger charge is -2.33. The third-order valence-electron chi connectivity index (χ3n) is 5.77. The zero-order chi connectivity index (χ0) is 23.8. The second-order valence-corrected chi connectivity index (χ2v) is 8.84. The summed E-state index contributed by atoms with van der Waals surface area (Å²) in [6.07, 6.45) is 5.27. The fourth-order valence-electron chi connectivity index (χ4n) is 4.01. The Morgan fingerprint density at radius 3 is 2.64 bits per heavy atom. The highest BCUT2D eigenvalue weighted by molar-refractivity contribution is 6.30. The van der Waals surface area contributed by atoms with Crippen LogP contribution in [0.5, 0.6) is 0 Å². The van der Waals surface area contributed by atoms with Gasteiger partial charge in [0.15, 0.2) is 0 Å². The zero-order valence-electron chi connectivity index (χ0n) is 18.9. The molecule has 2 amide bonds. The Balaban J connectivity index is 1.70. The number of fused-ring (bicyclic) bond motifs is 1. The van der Waals surface area contributed by atoms with Gasteiger partial charge in [0, 0.05) is 30.1 Å². The van der Waals surface area contributed by atoms with Crippen LogP contribution in [0.1, 0.15) is 68.4 Å². The number of carbonyl (C=O) groups is 3. The van der Waals surface area contributed by atoms with Crippen molar-refractivity contribution in [2.45, 2.75) is 57.9 Å². The second kappa shape index (κ2) is 11.8. The number of rotatable bonds is 12. The molecule has 178 valence electrons. The van der Waals surface area contributed by atoms with Crippen LogP contribution in [0.4, 0.5) is 0 Å². The highest BCUT2D eigenvalue weighted by Crippen LogP contribution is 2.29. The molecular formula is C24H31ClN4O4. The van der Waals surface area contributed by atoms with Crippen LogP contribution in [-0.2, 0) is 9.59 Å². The molecule has 0 radical (unpaired) electrons. The number of carbonyl (C=O) groups excluding carboxylic acids is 2. The van der Waals surface area contributed by atoms with Crippen LogP contribution in [0.3, 0.4) is 0 Å². The molecule has 0 saturated heterocycles. The molecule has 0 spiro atoms. The van der Waals surface area contributed by atoms with Crippen molar-refractivity contribution in [3.05, 3.63) is 41.0 Å². The summed E-state index contributed by atoms with van der Waals surface area (Å²) in [5, 5.41) is 16.9. The second-order valence-electron chi connectivity index (χ2n) is 8.40. The van der Waals surface area contributed by atoms with Gasteiger partial charge in [-0.15, -0.1) is 0 Å². The Hall–Kier alpha value is -2.87. The monoisotopic (exact) mass is 474 g/mol. The van der Waals surface area contributed by atoms with E-state index in [1.165, 1.54) is 0 Å². The zero-order valence-corrected chi connectivity index (χ0v) is 19.7. The molecule has 0 saturated carbocycles. The summed E-state index contributed by atoms with van der Waals surface area (Å²) in [6, 6.07) is 9.14. The summed E-state index contributed by atoms with van der Waals surface area (Å²) in [4.78, 5) is 37.8. The van der Waals surface area contributed by atoms with E-state index in [-0.39, 0.29) is 30.8 Å². The minimum absolute atomic E-state index is 0.00802. The molecule has 0 aliphatic carbocycles. The molecule has 1 aliphatic rings. The Bertz CT molecular complexity index is 973. The van der Waals surface area contributed by atoms with Crippen molar-refractivity contribution in [3.8, 4) is 11.3 Å². The lowest BCUT2D eigenvalue weighted by atomic mass is 10.0. The number of carboxylic acid groups (broad SMARTS) is 1. The molecule has 0 bridgehead atoms. The molecule has 0 fully saturated rings. The number of nitrogens with zero attached hydrogens (tertiary/aromatic N) is 3. The van der Waals surface area contributed by atoms with Crippen molar-refractivity contribution < 1.29 is 19.5 Å². The Morgan fingerprint density at radius 1 is 1.18 bits per heavy atom. The van der Waals surface area contributed by atoms with E-state index in [1.54, 1.807) is 23.1 Å². The normalized spacial score (nSPS) is 15.4. The fourth-order valence-corrected chi connectivity index (χ4v) is 4.14. The summed E-state index contributed by atoms with van der Waals surface area (Å²) in [6.45, 7) is 2.95. The first-order valence-corrected chi connectivity index (χ1v) is 11.9. The third kappa shape index (κ3) is 6.81. The largest absolute Gasteiger partial charge is 0.481 e. The molecule has 2 N–H and O–H groups in total. The van der Waals surface area contributed by atoms with Gasteiger partial charge in [-0.3, -0.25) is 19.1 Å². The van der Waals surface area contributed by atoms with Gasteiger partial charge in [-0.2, -0.15) is 5.10 Å². The van der Waals surface area contributed by atoms with Gasteiger partial charge in [-0.1, -0.05) is 49.9 Å². The van der Waals surface area contributed by atoms with Crippen LogP contribution >= 0.6 is 11.6 Å². The van der Waals surface area contributed by atoms with E-state index in [4.69, 9.17) is 21.8 Å².